The monoisotopic (exact) mass is 217 g/mol. The van der Waals surface area contributed by atoms with Crippen LogP contribution in [0.1, 0.15) is 31.9 Å². The number of carbonyl (C=O) groups is 1. The molecule has 1 aromatic carbocycles. The van der Waals surface area contributed by atoms with Crippen LogP contribution in [0.3, 0.4) is 0 Å². The van der Waals surface area contributed by atoms with E-state index < -0.39 is 0 Å². The Morgan fingerprint density at radius 1 is 1.31 bits per heavy atom. The van der Waals surface area contributed by atoms with Gasteiger partial charge in [0.25, 0.3) is 0 Å². The molecule has 0 bridgehead atoms. The molecule has 86 valence electrons. The van der Waals surface area contributed by atoms with Gasteiger partial charge in [-0.3, -0.25) is 4.79 Å². The highest BCUT2D eigenvalue weighted by Crippen LogP contribution is 2.23. The zero-order valence-electron chi connectivity index (χ0n) is 10.3. The number of benzene rings is 1. The fourth-order valence-corrected chi connectivity index (χ4v) is 1.73. The Labute approximate surface area is 97.3 Å². The first-order valence-corrected chi connectivity index (χ1v) is 5.84. The molecule has 2 heteroatoms. The van der Waals surface area contributed by atoms with Crippen LogP contribution in [0.2, 0.25) is 0 Å². The highest BCUT2D eigenvalue weighted by atomic mass is 16.2. The molecule has 0 N–H and O–H groups in total. The van der Waals surface area contributed by atoms with Crippen LogP contribution in [-0.2, 0) is 16.6 Å². The van der Waals surface area contributed by atoms with Crippen LogP contribution in [0.4, 0.5) is 0 Å². The average Bonchev–Trinajstić information content (AvgIpc) is 2.99. The maximum absolute atomic E-state index is 11.7. The lowest BCUT2D eigenvalue weighted by molar-refractivity contribution is -0.125. The number of hydrogen-bond acceptors (Lipinski definition) is 1. The van der Waals surface area contributed by atoms with Gasteiger partial charge in [-0.15, -0.1) is 0 Å². The van der Waals surface area contributed by atoms with Gasteiger partial charge >= 0.3 is 0 Å². The second-order valence-electron chi connectivity index (χ2n) is 5.51. The normalized spacial score (nSPS) is 15.1. The van der Waals surface area contributed by atoms with Crippen molar-refractivity contribution >= 4 is 5.91 Å². The van der Waals surface area contributed by atoms with Crippen molar-refractivity contribution in [3.8, 4) is 0 Å². The first kappa shape index (κ1) is 11.2. The molecule has 2 nitrogen and oxygen atoms in total. The molecule has 1 fully saturated rings. The van der Waals surface area contributed by atoms with Gasteiger partial charge < -0.3 is 4.90 Å². The summed E-state index contributed by atoms with van der Waals surface area (Å²) in [6.07, 6.45) is 0.546. The van der Waals surface area contributed by atoms with Gasteiger partial charge in [0.15, 0.2) is 0 Å². The van der Waals surface area contributed by atoms with Crippen LogP contribution < -0.4 is 0 Å². The average molecular weight is 217 g/mol. The van der Waals surface area contributed by atoms with E-state index in [1.807, 2.05) is 17.0 Å². The zero-order chi connectivity index (χ0) is 11.8. The molecule has 1 aliphatic rings. The molecule has 0 spiro atoms. The van der Waals surface area contributed by atoms with Gasteiger partial charge in [0.2, 0.25) is 5.91 Å². The van der Waals surface area contributed by atoms with Crippen molar-refractivity contribution in [3.05, 3.63) is 35.4 Å². The topological polar surface area (TPSA) is 20.1 Å². The van der Waals surface area contributed by atoms with Gasteiger partial charge in [0.1, 0.15) is 0 Å². The molecule has 2 rings (SSSR count). The lowest BCUT2D eigenvalue weighted by Gasteiger charge is -2.19. The molecule has 16 heavy (non-hydrogen) atoms. The minimum Gasteiger partial charge on any atom is -0.339 e. The number of amides is 1. The van der Waals surface area contributed by atoms with Crippen LogP contribution >= 0.6 is 0 Å². The van der Waals surface area contributed by atoms with Crippen molar-refractivity contribution in [1.29, 1.82) is 0 Å². The molecule has 1 saturated heterocycles. The Hall–Kier alpha value is -1.31. The molecule has 0 unspecified atom stereocenters. The number of rotatable bonds is 2. The Morgan fingerprint density at radius 2 is 2.00 bits per heavy atom. The van der Waals surface area contributed by atoms with Crippen molar-refractivity contribution in [2.75, 3.05) is 13.1 Å². The maximum atomic E-state index is 11.7. The molecular weight excluding hydrogens is 198 g/mol. The maximum Gasteiger partial charge on any atom is 0.227 e. The van der Waals surface area contributed by atoms with E-state index in [1.165, 1.54) is 5.56 Å². The predicted molar refractivity (Wildman–Crippen MR) is 65.4 cm³/mol. The Kier molecular flexibility index (Phi) is 2.75. The minimum absolute atomic E-state index is 0.152. The summed E-state index contributed by atoms with van der Waals surface area (Å²) in [5.41, 5.74) is 2.58. The van der Waals surface area contributed by atoms with Gasteiger partial charge in [0, 0.05) is 13.1 Å². The molecular formula is C14H19NO. The van der Waals surface area contributed by atoms with Crippen molar-refractivity contribution < 1.29 is 4.79 Å². The zero-order valence-corrected chi connectivity index (χ0v) is 10.3. The first-order valence-electron chi connectivity index (χ1n) is 5.84. The smallest absolute Gasteiger partial charge is 0.227 e. The predicted octanol–water partition coefficient (Wildman–Crippen LogP) is 2.37. The molecule has 0 aromatic heterocycles. The third-order valence-electron chi connectivity index (χ3n) is 2.95. The van der Waals surface area contributed by atoms with E-state index in [-0.39, 0.29) is 11.3 Å². The van der Waals surface area contributed by atoms with Gasteiger partial charge in [-0.25, -0.2) is 0 Å². The number of hydrogen-bond donors (Lipinski definition) is 0. The summed E-state index contributed by atoms with van der Waals surface area (Å²) in [6.45, 7) is 8.46. The molecule has 1 amide bonds. The van der Waals surface area contributed by atoms with Gasteiger partial charge in [-0.1, -0.05) is 45.0 Å². The summed E-state index contributed by atoms with van der Waals surface area (Å²) >= 11 is 0. The van der Waals surface area contributed by atoms with Crippen molar-refractivity contribution in [2.24, 2.45) is 0 Å². The van der Waals surface area contributed by atoms with Crippen LogP contribution in [0, 0.1) is 0 Å². The van der Waals surface area contributed by atoms with E-state index >= 15 is 0 Å². The van der Waals surface area contributed by atoms with Crippen LogP contribution in [0.5, 0.6) is 0 Å². The number of nitrogens with zero attached hydrogens (tertiary/aromatic N) is 1. The molecule has 1 heterocycles. The summed E-state index contributed by atoms with van der Waals surface area (Å²) in [5, 5.41) is 0. The Morgan fingerprint density at radius 3 is 2.56 bits per heavy atom. The summed E-state index contributed by atoms with van der Waals surface area (Å²) in [6, 6.07) is 8.37. The first-order chi connectivity index (χ1) is 7.47. The van der Waals surface area contributed by atoms with Crippen LogP contribution in [0.15, 0.2) is 24.3 Å². The standard InChI is InChI=1S/C14H19NO/c1-14(2,3)12-6-4-5-11(9-12)10-13(16)15-7-8-15/h4-6,9H,7-8,10H2,1-3H3. The summed E-state index contributed by atoms with van der Waals surface area (Å²) in [7, 11) is 0. The van der Waals surface area contributed by atoms with E-state index in [1.54, 1.807) is 0 Å². The van der Waals surface area contributed by atoms with Crippen molar-refractivity contribution in [3.63, 3.8) is 0 Å². The fraction of sp³-hybridized carbons (Fsp3) is 0.500. The highest BCUT2D eigenvalue weighted by molar-refractivity contribution is 5.80. The summed E-state index contributed by atoms with van der Waals surface area (Å²) < 4.78 is 0. The van der Waals surface area contributed by atoms with E-state index in [2.05, 4.69) is 32.9 Å². The summed E-state index contributed by atoms with van der Waals surface area (Å²) in [4.78, 5) is 13.5. The summed E-state index contributed by atoms with van der Waals surface area (Å²) in [5.74, 6) is 0.256. The minimum atomic E-state index is 0.152. The van der Waals surface area contributed by atoms with Crippen molar-refractivity contribution in [1.82, 2.24) is 4.90 Å². The Bertz CT molecular complexity index is 399. The van der Waals surface area contributed by atoms with Gasteiger partial charge in [-0.2, -0.15) is 0 Å². The Balaban J connectivity index is 2.12. The lowest BCUT2D eigenvalue weighted by atomic mass is 9.86. The van der Waals surface area contributed by atoms with Crippen LogP contribution in [-0.4, -0.2) is 23.9 Å². The van der Waals surface area contributed by atoms with E-state index in [4.69, 9.17) is 0 Å². The second-order valence-corrected chi connectivity index (χ2v) is 5.51. The fourth-order valence-electron chi connectivity index (χ4n) is 1.73. The quantitative estimate of drug-likeness (QED) is 0.696. The van der Waals surface area contributed by atoms with Gasteiger partial charge in [-0.05, 0) is 16.5 Å². The molecule has 0 radical (unpaired) electrons. The van der Waals surface area contributed by atoms with Gasteiger partial charge in [0.05, 0.1) is 6.42 Å². The van der Waals surface area contributed by atoms with E-state index in [0.717, 1.165) is 18.7 Å². The van der Waals surface area contributed by atoms with Crippen LogP contribution in [0.25, 0.3) is 0 Å². The molecule has 0 aliphatic carbocycles. The lowest BCUT2D eigenvalue weighted by Crippen LogP contribution is -2.15. The highest BCUT2D eigenvalue weighted by Gasteiger charge is 2.24. The molecule has 0 atom stereocenters. The molecule has 1 aromatic rings. The third-order valence-corrected chi connectivity index (χ3v) is 2.95. The molecule has 1 aliphatic heterocycles. The largest absolute Gasteiger partial charge is 0.339 e. The third kappa shape index (κ3) is 2.63. The second kappa shape index (κ2) is 3.93. The number of carbonyl (C=O) groups excluding carboxylic acids is 1. The SMILES string of the molecule is CC(C)(C)c1cccc(CC(=O)N2CC2)c1. The van der Waals surface area contributed by atoms with Crippen molar-refractivity contribution in [2.45, 2.75) is 32.6 Å². The van der Waals surface area contributed by atoms with E-state index in [9.17, 15) is 4.79 Å². The molecule has 0 saturated carbocycles. The van der Waals surface area contributed by atoms with E-state index in [0.29, 0.717) is 6.42 Å².